The minimum atomic E-state index is 0.451. The first-order valence-electron chi connectivity index (χ1n) is 8.76. The SMILES string of the molecule is Cc1ccc(Oc2c(N)cc(C#N)n2Cc2cccc3ccccc23)cc1. The van der Waals surface area contributed by atoms with Gasteiger partial charge in [-0.2, -0.15) is 5.26 Å². The molecule has 4 aromatic rings. The Labute approximate surface area is 158 Å². The van der Waals surface area contributed by atoms with Gasteiger partial charge in [-0.1, -0.05) is 60.2 Å². The lowest BCUT2D eigenvalue weighted by atomic mass is 10.0. The van der Waals surface area contributed by atoms with Gasteiger partial charge in [-0.3, -0.25) is 4.57 Å². The summed E-state index contributed by atoms with van der Waals surface area (Å²) >= 11 is 0. The normalized spacial score (nSPS) is 10.7. The fraction of sp³-hybridized carbons (Fsp3) is 0.0870. The van der Waals surface area contributed by atoms with Crippen LogP contribution in [0.1, 0.15) is 16.8 Å². The Morgan fingerprint density at radius 3 is 2.52 bits per heavy atom. The molecule has 0 atom stereocenters. The van der Waals surface area contributed by atoms with Gasteiger partial charge in [0.1, 0.15) is 17.5 Å². The second-order valence-electron chi connectivity index (χ2n) is 6.54. The topological polar surface area (TPSA) is 64.0 Å². The Morgan fingerprint density at radius 1 is 1.00 bits per heavy atom. The van der Waals surface area contributed by atoms with Gasteiger partial charge in [0.05, 0.1) is 12.2 Å². The Morgan fingerprint density at radius 2 is 1.74 bits per heavy atom. The van der Waals surface area contributed by atoms with Gasteiger partial charge in [-0.25, -0.2) is 0 Å². The molecule has 3 aromatic carbocycles. The van der Waals surface area contributed by atoms with Gasteiger partial charge < -0.3 is 10.5 Å². The zero-order valence-corrected chi connectivity index (χ0v) is 15.0. The summed E-state index contributed by atoms with van der Waals surface area (Å²) in [5, 5.41) is 11.9. The lowest BCUT2D eigenvalue weighted by Gasteiger charge is -2.14. The van der Waals surface area contributed by atoms with Crippen molar-refractivity contribution in [3.63, 3.8) is 0 Å². The van der Waals surface area contributed by atoms with Crippen molar-refractivity contribution in [1.29, 1.82) is 5.26 Å². The van der Waals surface area contributed by atoms with Gasteiger partial charge in [0.2, 0.25) is 5.88 Å². The van der Waals surface area contributed by atoms with Crippen molar-refractivity contribution in [2.24, 2.45) is 0 Å². The molecule has 0 fully saturated rings. The predicted octanol–water partition coefficient (Wildman–Crippen LogP) is 5.24. The summed E-state index contributed by atoms with van der Waals surface area (Å²) in [6.07, 6.45) is 0. The molecule has 0 saturated carbocycles. The van der Waals surface area contributed by atoms with Crippen LogP contribution in [-0.2, 0) is 6.54 Å². The van der Waals surface area contributed by atoms with E-state index >= 15 is 0 Å². The molecule has 1 heterocycles. The number of rotatable bonds is 4. The number of ether oxygens (including phenoxy) is 1. The van der Waals surface area contributed by atoms with E-state index in [2.05, 4.69) is 30.3 Å². The molecule has 0 aliphatic carbocycles. The number of hydrogen-bond acceptors (Lipinski definition) is 3. The van der Waals surface area contributed by atoms with Gasteiger partial charge in [-0.15, -0.1) is 0 Å². The van der Waals surface area contributed by atoms with Gasteiger partial charge in [0.15, 0.2) is 0 Å². The number of aryl methyl sites for hydroxylation is 1. The highest BCUT2D eigenvalue weighted by molar-refractivity contribution is 5.85. The maximum atomic E-state index is 9.57. The van der Waals surface area contributed by atoms with Crippen LogP contribution in [-0.4, -0.2) is 4.57 Å². The third-order valence-electron chi connectivity index (χ3n) is 4.63. The van der Waals surface area contributed by atoms with E-state index in [1.807, 2.05) is 54.0 Å². The van der Waals surface area contributed by atoms with Crippen LogP contribution in [0.2, 0.25) is 0 Å². The van der Waals surface area contributed by atoms with Crippen LogP contribution in [0.5, 0.6) is 11.6 Å². The number of anilines is 1. The molecule has 2 N–H and O–H groups in total. The summed E-state index contributed by atoms with van der Waals surface area (Å²) in [7, 11) is 0. The number of nitrogens with zero attached hydrogens (tertiary/aromatic N) is 2. The van der Waals surface area contributed by atoms with Crippen molar-refractivity contribution in [3.05, 3.63) is 89.6 Å². The van der Waals surface area contributed by atoms with Crippen molar-refractivity contribution >= 4 is 16.5 Å². The average Bonchev–Trinajstić information content (AvgIpc) is 2.99. The standard InChI is InChI=1S/C23H19N3O/c1-16-9-11-20(12-10-16)27-23-22(25)13-19(14-24)26(23)15-18-7-4-6-17-5-2-3-8-21(17)18/h2-13H,15,25H2,1H3. The fourth-order valence-electron chi connectivity index (χ4n) is 3.23. The first-order valence-corrected chi connectivity index (χ1v) is 8.76. The minimum absolute atomic E-state index is 0.451. The maximum Gasteiger partial charge on any atom is 0.224 e. The quantitative estimate of drug-likeness (QED) is 0.545. The van der Waals surface area contributed by atoms with Crippen LogP contribution in [0.25, 0.3) is 10.8 Å². The number of nitrogen functional groups attached to an aromatic ring is 1. The van der Waals surface area contributed by atoms with Crippen LogP contribution < -0.4 is 10.5 Å². The molecule has 0 unspecified atom stereocenters. The molecule has 0 amide bonds. The molecule has 0 spiro atoms. The lowest BCUT2D eigenvalue weighted by Crippen LogP contribution is -2.05. The van der Waals surface area contributed by atoms with Crippen LogP contribution in [0, 0.1) is 18.3 Å². The van der Waals surface area contributed by atoms with E-state index in [1.165, 1.54) is 0 Å². The third kappa shape index (κ3) is 3.23. The Kier molecular flexibility index (Phi) is 4.27. The van der Waals surface area contributed by atoms with Gasteiger partial charge in [0, 0.05) is 6.07 Å². The highest BCUT2D eigenvalue weighted by Gasteiger charge is 2.16. The summed E-state index contributed by atoms with van der Waals surface area (Å²) in [4.78, 5) is 0. The number of aromatic nitrogens is 1. The van der Waals surface area contributed by atoms with E-state index < -0.39 is 0 Å². The lowest BCUT2D eigenvalue weighted by molar-refractivity contribution is 0.437. The molecule has 4 heteroatoms. The van der Waals surface area contributed by atoms with Crippen LogP contribution in [0.4, 0.5) is 5.69 Å². The van der Waals surface area contributed by atoms with Crippen molar-refractivity contribution in [2.75, 3.05) is 5.73 Å². The molecule has 132 valence electrons. The Hall–Kier alpha value is -3.71. The zero-order chi connectivity index (χ0) is 18.8. The van der Waals surface area contributed by atoms with E-state index in [-0.39, 0.29) is 0 Å². The molecular weight excluding hydrogens is 334 g/mol. The molecule has 0 bridgehead atoms. The number of benzene rings is 3. The van der Waals surface area contributed by atoms with E-state index in [0.29, 0.717) is 29.6 Å². The molecule has 4 rings (SSSR count). The van der Waals surface area contributed by atoms with Crippen molar-refractivity contribution < 1.29 is 4.74 Å². The maximum absolute atomic E-state index is 9.57. The second-order valence-corrected chi connectivity index (χ2v) is 6.54. The van der Waals surface area contributed by atoms with Crippen molar-refractivity contribution in [2.45, 2.75) is 13.5 Å². The van der Waals surface area contributed by atoms with Crippen LogP contribution >= 0.6 is 0 Å². The van der Waals surface area contributed by atoms with E-state index in [9.17, 15) is 5.26 Å². The largest absolute Gasteiger partial charge is 0.439 e. The van der Waals surface area contributed by atoms with Gasteiger partial charge in [-0.05, 0) is 35.4 Å². The summed E-state index contributed by atoms with van der Waals surface area (Å²) in [5.41, 5.74) is 9.35. The molecule has 0 aliphatic rings. The summed E-state index contributed by atoms with van der Waals surface area (Å²) in [5.74, 6) is 1.18. The fourth-order valence-corrected chi connectivity index (χ4v) is 3.23. The smallest absolute Gasteiger partial charge is 0.224 e. The number of fused-ring (bicyclic) bond motifs is 1. The minimum Gasteiger partial charge on any atom is -0.439 e. The zero-order valence-electron chi connectivity index (χ0n) is 15.0. The molecule has 4 nitrogen and oxygen atoms in total. The predicted molar refractivity (Wildman–Crippen MR) is 108 cm³/mol. The van der Waals surface area contributed by atoms with Gasteiger partial charge in [0.25, 0.3) is 0 Å². The number of hydrogen-bond donors (Lipinski definition) is 1. The average molecular weight is 353 g/mol. The van der Waals surface area contributed by atoms with Crippen molar-refractivity contribution in [3.8, 4) is 17.7 Å². The monoisotopic (exact) mass is 353 g/mol. The van der Waals surface area contributed by atoms with Gasteiger partial charge >= 0.3 is 0 Å². The summed E-state index contributed by atoms with van der Waals surface area (Å²) in [6, 6.07) is 26.0. The first-order chi connectivity index (χ1) is 13.2. The number of nitrogens with two attached hydrogens (primary N) is 1. The highest BCUT2D eigenvalue weighted by atomic mass is 16.5. The van der Waals surface area contributed by atoms with E-state index in [0.717, 1.165) is 21.9 Å². The molecule has 1 aromatic heterocycles. The number of nitriles is 1. The van der Waals surface area contributed by atoms with E-state index in [4.69, 9.17) is 10.5 Å². The second kappa shape index (κ2) is 6.89. The Balaban J connectivity index is 1.77. The first kappa shape index (κ1) is 16.7. The molecule has 0 aliphatic heterocycles. The summed E-state index contributed by atoms with van der Waals surface area (Å²) in [6.45, 7) is 2.53. The molecule has 27 heavy (non-hydrogen) atoms. The molecular formula is C23H19N3O. The van der Waals surface area contributed by atoms with Crippen LogP contribution in [0.15, 0.2) is 72.8 Å². The molecule has 0 saturated heterocycles. The van der Waals surface area contributed by atoms with Crippen molar-refractivity contribution in [1.82, 2.24) is 4.57 Å². The van der Waals surface area contributed by atoms with E-state index in [1.54, 1.807) is 6.07 Å². The van der Waals surface area contributed by atoms with Crippen LogP contribution in [0.3, 0.4) is 0 Å². The molecule has 0 radical (unpaired) electrons. The Bertz CT molecular complexity index is 1150. The third-order valence-corrected chi connectivity index (χ3v) is 4.63. The summed E-state index contributed by atoms with van der Waals surface area (Å²) < 4.78 is 7.88. The highest BCUT2D eigenvalue weighted by Crippen LogP contribution is 2.33.